The van der Waals surface area contributed by atoms with Gasteiger partial charge in [-0.2, -0.15) is 5.26 Å². The predicted molar refractivity (Wildman–Crippen MR) is 78.2 cm³/mol. The standard InChI is InChI=1S/C16H13ClFNO2/c17-14-6-2-7-15(18)16(14)21-9-3-8-20-13-5-1-4-12(10-13)11-19/h1-2,4-7,10H,3,8-9H2. The van der Waals surface area contributed by atoms with Gasteiger partial charge < -0.3 is 9.47 Å². The summed E-state index contributed by atoms with van der Waals surface area (Å²) in [6, 6.07) is 13.3. The molecule has 0 aromatic heterocycles. The minimum atomic E-state index is -0.481. The maximum atomic E-state index is 13.4. The van der Waals surface area contributed by atoms with Crippen LogP contribution in [0.5, 0.6) is 11.5 Å². The van der Waals surface area contributed by atoms with Gasteiger partial charge in [0, 0.05) is 6.42 Å². The molecule has 2 rings (SSSR count). The van der Waals surface area contributed by atoms with Gasteiger partial charge in [0.05, 0.1) is 29.9 Å². The molecule has 0 amide bonds. The van der Waals surface area contributed by atoms with Gasteiger partial charge in [0.25, 0.3) is 0 Å². The first-order valence-corrected chi connectivity index (χ1v) is 6.78. The Morgan fingerprint density at radius 1 is 1.10 bits per heavy atom. The monoisotopic (exact) mass is 305 g/mol. The summed E-state index contributed by atoms with van der Waals surface area (Å²) in [7, 11) is 0. The smallest absolute Gasteiger partial charge is 0.173 e. The molecule has 0 radical (unpaired) electrons. The SMILES string of the molecule is N#Cc1cccc(OCCCOc2c(F)cccc2Cl)c1. The summed E-state index contributed by atoms with van der Waals surface area (Å²) in [5, 5.41) is 9.02. The Balaban J connectivity index is 1.76. The van der Waals surface area contributed by atoms with E-state index in [1.54, 1.807) is 30.3 Å². The van der Waals surface area contributed by atoms with Crippen molar-refractivity contribution in [3.63, 3.8) is 0 Å². The summed E-state index contributed by atoms with van der Waals surface area (Å²) in [5.74, 6) is 0.203. The molecule has 0 saturated heterocycles. The Labute approximate surface area is 127 Å². The van der Waals surface area contributed by atoms with E-state index in [9.17, 15) is 4.39 Å². The molecule has 0 bridgehead atoms. The molecular weight excluding hydrogens is 293 g/mol. The highest BCUT2D eigenvalue weighted by molar-refractivity contribution is 6.32. The molecule has 0 atom stereocenters. The first-order valence-electron chi connectivity index (χ1n) is 6.40. The van der Waals surface area contributed by atoms with Crippen LogP contribution < -0.4 is 9.47 Å². The van der Waals surface area contributed by atoms with E-state index in [1.165, 1.54) is 12.1 Å². The second kappa shape index (κ2) is 7.51. The van der Waals surface area contributed by atoms with Gasteiger partial charge >= 0.3 is 0 Å². The molecule has 0 aliphatic rings. The first kappa shape index (κ1) is 15.1. The van der Waals surface area contributed by atoms with Crippen LogP contribution in [0.4, 0.5) is 4.39 Å². The molecule has 3 nitrogen and oxygen atoms in total. The molecule has 0 fully saturated rings. The van der Waals surface area contributed by atoms with Gasteiger partial charge in [0.15, 0.2) is 11.6 Å². The van der Waals surface area contributed by atoms with Gasteiger partial charge in [-0.25, -0.2) is 4.39 Å². The van der Waals surface area contributed by atoms with Crippen LogP contribution in [0.2, 0.25) is 5.02 Å². The number of ether oxygens (including phenoxy) is 2. The second-order valence-electron chi connectivity index (χ2n) is 4.24. The molecule has 21 heavy (non-hydrogen) atoms. The van der Waals surface area contributed by atoms with Crippen molar-refractivity contribution >= 4 is 11.6 Å². The third-order valence-corrected chi connectivity index (χ3v) is 2.98. The molecule has 108 valence electrons. The van der Waals surface area contributed by atoms with Crippen LogP contribution in [-0.4, -0.2) is 13.2 Å². The lowest BCUT2D eigenvalue weighted by molar-refractivity contribution is 0.241. The molecule has 0 saturated carbocycles. The number of para-hydroxylation sites is 1. The summed E-state index contributed by atoms with van der Waals surface area (Å²) < 4.78 is 24.2. The summed E-state index contributed by atoms with van der Waals surface area (Å²) in [5.41, 5.74) is 0.543. The van der Waals surface area contributed by atoms with Crippen molar-refractivity contribution in [2.75, 3.05) is 13.2 Å². The lowest BCUT2D eigenvalue weighted by Gasteiger charge is -2.09. The topological polar surface area (TPSA) is 42.2 Å². The normalized spacial score (nSPS) is 9.95. The molecular formula is C16H13ClFNO2. The van der Waals surface area contributed by atoms with Crippen molar-refractivity contribution in [1.82, 2.24) is 0 Å². The molecule has 0 aliphatic heterocycles. The Morgan fingerprint density at radius 2 is 1.86 bits per heavy atom. The zero-order valence-electron chi connectivity index (χ0n) is 11.2. The average Bonchev–Trinajstić information content (AvgIpc) is 2.50. The molecule has 0 spiro atoms. The quantitative estimate of drug-likeness (QED) is 0.751. The zero-order valence-corrected chi connectivity index (χ0v) is 11.9. The number of nitrogens with zero attached hydrogens (tertiary/aromatic N) is 1. The summed E-state index contributed by atoms with van der Waals surface area (Å²) >= 11 is 5.84. The van der Waals surface area contributed by atoms with Crippen molar-refractivity contribution in [1.29, 1.82) is 5.26 Å². The van der Waals surface area contributed by atoms with Gasteiger partial charge in [-0.05, 0) is 30.3 Å². The highest BCUT2D eigenvalue weighted by atomic mass is 35.5. The lowest BCUT2D eigenvalue weighted by Crippen LogP contribution is -2.06. The van der Waals surface area contributed by atoms with Crippen molar-refractivity contribution in [2.45, 2.75) is 6.42 Å². The molecule has 2 aromatic rings. The van der Waals surface area contributed by atoms with Gasteiger partial charge in [-0.1, -0.05) is 23.7 Å². The van der Waals surface area contributed by atoms with E-state index >= 15 is 0 Å². The predicted octanol–water partition coefficient (Wildman–Crippen LogP) is 4.20. The Bertz CT molecular complexity index is 635. The molecule has 2 aromatic carbocycles. The third kappa shape index (κ3) is 4.37. The van der Waals surface area contributed by atoms with E-state index in [2.05, 4.69) is 0 Å². The van der Waals surface area contributed by atoms with E-state index in [0.29, 0.717) is 30.9 Å². The summed E-state index contributed by atoms with van der Waals surface area (Å²) in [6.45, 7) is 0.694. The minimum Gasteiger partial charge on any atom is -0.493 e. The highest BCUT2D eigenvalue weighted by Crippen LogP contribution is 2.27. The van der Waals surface area contributed by atoms with E-state index < -0.39 is 5.82 Å². The first-order chi connectivity index (χ1) is 10.2. The van der Waals surface area contributed by atoms with E-state index in [-0.39, 0.29) is 10.8 Å². The maximum Gasteiger partial charge on any atom is 0.173 e. The highest BCUT2D eigenvalue weighted by Gasteiger charge is 2.07. The summed E-state index contributed by atoms with van der Waals surface area (Å²) in [6.07, 6.45) is 0.571. The van der Waals surface area contributed by atoms with Crippen LogP contribution in [0, 0.1) is 17.1 Å². The third-order valence-electron chi connectivity index (χ3n) is 2.69. The van der Waals surface area contributed by atoms with Gasteiger partial charge in [-0.15, -0.1) is 0 Å². The second-order valence-corrected chi connectivity index (χ2v) is 4.65. The van der Waals surface area contributed by atoms with Crippen LogP contribution in [0.15, 0.2) is 42.5 Å². The molecule has 5 heteroatoms. The summed E-state index contributed by atoms with van der Waals surface area (Å²) in [4.78, 5) is 0. The number of halogens is 2. The number of nitriles is 1. The number of benzene rings is 2. The fourth-order valence-corrected chi connectivity index (χ4v) is 1.92. The Morgan fingerprint density at radius 3 is 2.62 bits per heavy atom. The van der Waals surface area contributed by atoms with Crippen LogP contribution >= 0.6 is 11.6 Å². The fraction of sp³-hybridized carbons (Fsp3) is 0.188. The molecule has 0 heterocycles. The lowest BCUT2D eigenvalue weighted by atomic mass is 10.2. The van der Waals surface area contributed by atoms with Gasteiger partial charge in [0.1, 0.15) is 5.75 Å². The van der Waals surface area contributed by atoms with Crippen LogP contribution in [0.3, 0.4) is 0 Å². The Hall–Kier alpha value is -2.25. The largest absolute Gasteiger partial charge is 0.493 e. The number of rotatable bonds is 6. The fourth-order valence-electron chi connectivity index (χ4n) is 1.70. The Kier molecular flexibility index (Phi) is 5.42. The van der Waals surface area contributed by atoms with E-state index in [0.717, 1.165) is 0 Å². The number of hydrogen-bond acceptors (Lipinski definition) is 3. The van der Waals surface area contributed by atoms with Gasteiger partial charge in [-0.3, -0.25) is 0 Å². The number of hydrogen-bond donors (Lipinski definition) is 0. The van der Waals surface area contributed by atoms with Crippen molar-refractivity contribution < 1.29 is 13.9 Å². The minimum absolute atomic E-state index is 0.0608. The van der Waals surface area contributed by atoms with Crippen LogP contribution in [0.25, 0.3) is 0 Å². The average molecular weight is 306 g/mol. The van der Waals surface area contributed by atoms with Gasteiger partial charge in [0.2, 0.25) is 0 Å². The van der Waals surface area contributed by atoms with E-state index in [1.807, 2.05) is 6.07 Å². The van der Waals surface area contributed by atoms with Crippen molar-refractivity contribution in [3.8, 4) is 17.6 Å². The van der Waals surface area contributed by atoms with E-state index in [4.69, 9.17) is 26.3 Å². The molecule has 0 N–H and O–H groups in total. The zero-order chi connectivity index (χ0) is 15.1. The van der Waals surface area contributed by atoms with Crippen molar-refractivity contribution in [3.05, 3.63) is 58.9 Å². The molecule has 0 aliphatic carbocycles. The van der Waals surface area contributed by atoms with Crippen molar-refractivity contribution in [2.24, 2.45) is 0 Å². The van der Waals surface area contributed by atoms with Crippen LogP contribution in [-0.2, 0) is 0 Å². The maximum absolute atomic E-state index is 13.4. The van der Waals surface area contributed by atoms with Crippen LogP contribution in [0.1, 0.15) is 12.0 Å². The molecule has 0 unspecified atom stereocenters.